The monoisotopic (exact) mass is 385 g/mol. The number of rotatable bonds is 4. The third kappa shape index (κ3) is 3.42. The normalized spacial score (nSPS) is 17.0. The van der Waals surface area contributed by atoms with Gasteiger partial charge in [0.25, 0.3) is 0 Å². The van der Waals surface area contributed by atoms with Crippen LogP contribution in [0.1, 0.15) is 18.4 Å². The highest BCUT2D eigenvalue weighted by Gasteiger charge is 2.28. The molecular weight excluding hydrogens is 362 g/mol. The van der Waals surface area contributed by atoms with E-state index in [0.29, 0.717) is 13.1 Å². The number of piperidine rings is 1. The van der Waals surface area contributed by atoms with Gasteiger partial charge in [0.15, 0.2) is 11.5 Å². The Labute approximate surface area is 169 Å². The lowest BCUT2D eigenvalue weighted by Crippen LogP contribution is -2.43. The Balaban J connectivity index is 1.38. The third-order valence-corrected chi connectivity index (χ3v) is 5.62. The van der Waals surface area contributed by atoms with Gasteiger partial charge in [-0.1, -0.05) is 30.3 Å². The SMILES string of the molecule is O=C(NCc1ccccc1)[C@H]1CCCN(c2nc3ncccc3n3cccc23)C1. The van der Waals surface area contributed by atoms with Crippen LogP contribution in [0, 0.1) is 5.92 Å². The fraction of sp³-hybridized carbons (Fsp3) is 0.261. The first kappa shape index (κ1) is 17.7. The van der Waals surface area contributed by atoms with E-state index in [1.165, 1.54) is 0 Å². The number of carbonyl (C=O) groups is 1. The fourth-order valence-corrected chi connectivity index (χ4v) is 4.14. The maximum absolute atomic E-state index is 12.8. The van der Waals surface area contributed by atoms with Crippen LogP contribution >= 0.6 is 0 Å². The van der Waals surface area contributed by atoms with E-state index < -0.39 is 0 Å². The zero-order chi connectivity index (χ0) is 19.6. The van der Waals surface area contributed by atoms with Crippen LogP contribution < -0.4 is 10.2 Å². The molecule has 6 nitrogen and oxygen atoms in total. The van der Waals surface area contributed by atoms with E-state index in [-0.39, 0.29) is 11.8 Å². The molecule has 4 heterocycles. The number of aromatic nitrogens is 3. The summed E-state index contributed by atoms with van der Waals surface area (Å²) in [5.74, 6) is 0.981. The molecule has 1 saturated heterocycles. The van der Waals surface area contributed by atoms with Gasteiger partial charge in [-0.05, 0) is 42.7 Å². The molecule has 1 aliphatic rings. The molecule has 1 aromatic carbocycles. The van der Waals surface area contributed by atoms with Crippen molar-refractivity contribution in [3.05, 3.63) is 72.6 Å². The predicted octanol–water partition coefficient (Wildman–Crippen LogP) is 3.42. The lowest BCUT2D eigenvalue weighted by molar-refractivity contribution is -0.125. The van der Waals surface area contributed by atoms with Gasteiger partial charge in [-0.3, -0.25) is 4.79 Å². The van der Waals surface area contributed by atoms with Crippen molar-refractivity contribution in [2.75, 3.05) is 18.0 Å². The number of pyridine rings is 1. The Bertz CT molecular complexity index is 1150. The summed E-state index contributed by atoms with van der Waals surface area (Å²) in [5, 5.41) is 3.10. The average Bonchev–Trinajstić information content (AvgIpc) is 3.28. The Kier molecular flexibility index (Phi) is 4.60. The average molecular weight is 385 g/mol. The minimum Gasteiger partial charge on any atom is -0.354 e. The van der Waals surface area contributed by atoms with Gasteiger partial charge in [0.2, 0.25) is 5.91 Å². The summed E-state index contributed by atoms with van der Waals surface area (Å²) in [6.07, 6.45) is 5.68. The molecule has 4 aromatic rings. The first-order valence-electron chi connectivity index (χ1n) is 10.1. The van der Waals surface area contributed by atoms with E-state index in [1.54, 1.807) is 6.20 Å². The van der Waals surface area contributed by atoms with Crippen LogP contribution in [0.3, 0.4) is 0 Å². The molecule has 0 radical (unpaired) electrons. The summed E-state index contributed by atoms with van der Waals surface area (Å²) in [5.41, 5.74) is 3.88. The molecule has 1 atom stereocenters. The van der Waals surface area contributed by atoms with Crippen LogP contribution in [0.25, 0.3) is 16.7 Å². The molecule has 1 N–H and O–H groups in total. The van der Waals surface area contributed by atoms with Gasteiger partial charge in [-0.2, -0.15) is 0 Å². The van der Waals surface area contributed by atoms with Crippen LogP contribution in [-0.4, -0.2) is 33.4 Å². The number of nitrogens with zero attached hydrogens (tertiary/aromatic N) is 4. The number of fused-ring (bicyclic) bond motifs is 3. The second kappa shape index (κ2) is 7.54. The fourth-order valence-electron chi connectivity index (χ4n) is 4.14. The van der Waals surface area contributed by atoms with Crippen LogP contribution in [0.15, 0.2) is 67.0 Å². The molecule has 6 heteroatoms. The minimum absolute atomic E-state index is 0.0382. The third-order valence-electron chi connectivity index (χ3n) is 5.62. The van der Waals surface area contributed by atoms with Gasteiger partial charge in [-0.25, -0.2) is 9.97 Å². The second-order valence-electron chi connectivity index (χ2n) is 7.53. The van der Waals surface area contributed by atoms with Gasteiger partial charge in [-0.15, -0.1) is 0 Å². The zero-order valence-electron chi connectivity index (χ0n) is 16.2. The predicted molar refractivity (Wildman–Crippen MR) is 114 cm³/mol. The van der Waals surface area contributed by atoms with Crippen molar-refractivity contribution in [3.63, 3.8) is 0 Å². The van der Waals surface area contributed by atoms with E-state index in [9.17, 15) is 4.79 Å². The van der Waals surface area contributed by atoms with Crippen molar-refractivity contribution in [3.8, 4) is 0 Å². The summed E-state index contributed by atoms with van der Waals surface area (Å²) in [7, 11) is 0. The quantitative estimate of drug-likeness (QED) is 0.585. The van der Waals surface area contributed by atoms with E-state index in [4.69, 9.17) is 4.98 Å². The molecule has 3 aromatic heterocycles. The highest BCUT2D eigenvalue weighted by atomic mass is 16.1. The first-order chi connectivity index (χ1) is 14.3. The van der Waals surface area contributed by atoms with Gasteiger partial charge in [0.1, 0.15) is 0 Å². The number of anilines is 1. The molecule has 5 rings (SSSR count). The highest BCUT2D eigenvalue weighted by molar-refractivity contribution is 5.84. The lowest BCUT2D eigenvalue weighted by Gasteiger charge is -2.33. The van der Waals surface area contributed by atoms with Crippen molar-refractivity contribution >= 4 is 28.4 Å². The number of hydrogen-bond donors (Lipinski definition) is 1. The lowest BCUT2D eigenvalue weighted by atomic mass is 9.97. The van der Waals surface area contributed by atoms with Gasteiger partial charge in [0, 0.05) is 32.0 Å². The Morgan fingerprint density at radius 2 is 1.93 bits per heavy atom. The van der Waals surface area contributed by atoms with Crippen LogP contribution in [0.2, 0.25) is 0 Å². The van der Waals surface area contributed by atoms with E-state index in [2.05, 4.69) is 25.7 Å². The van der Waals surface area contributed by atoms with Crippen molar-refractivity contribution in [1.29, 1.82) is 0 Å². The molecule has 1 fully saturated rings. The van der Waals surface area contributed by atoms with E-state index in [1.807, 2.05) is 54.7 Å². The zero-order valence-corrected chi connectivity index (χ0v) is 16.2. The molecular formula is C23H23N5O. The van der Waals surface area contributed by atoms with E-state index in [0.717, 1.165) is 47.4 Å². The number of carbonyl (C=O) groups excluding carboxylic acids is 1. The molecule has 0 spiro atoms. The van der Waals surface area contributed by atoms with Crippen molar-refractivity contribution in [2.45, 2.75) is 19.4 Å². The maximum atomic E-state index is 12.8. The summed E-state index contributed by atoms with van der Waals surface area (Å²) >= 11 is 0. The largest absolute Gasteiger partial charge is 0.354 e. The van der Waals surface area contributed by atoms with Gasteiger partial charge >= 0.3 is 0 Å². The molecule has 146 valence electrons. The summed E-state index contributed by atoms with van der Waals surface area (Å²) in [4.78, 5) is 24.3. The molecule has 1 aliphatic heterocycles. The van der Waals surface area contributed by atoms with Crippen LogP contribution in [0.4, 0.5) is 5.82 Å². The molecule has 1 amide bonds. The number of amides is 1. The first-order valence-corrected chi connectivity index (χ1v) is 10.1. The molecule has 0 aliphatic carbocycles. The topological polar surface area (TPSA) is 62.5 Å². The molecule has 0 saturated carbocycles. The molecule has 29 heavy (non-hydrogen) atoms. The Hall–Kier alpha value is -3.41. The second-order valence-corrected chi connectivity index (χ2v) is 7.53. The number of nitrogens with one attached hydrogen (secondary N) is 1. The minimum atomic E-state index is -0.0382. The van der Waals surface area contributed by atoms with Gasteiger partial charge in [0.05, 0.1) is 17.0 Å². The van der Waals surface area contributed by atoms with E-state index >= 15 is 0 Å². The number of hydrogen-bond acceptors (Lipinski definition) is 4. The van der Waals surface area contributed by atoms with Crippen molar-refractivity contribution in [2.24, 2.45) is 5.92 Å². The molecule has 0 unspecified atom stereocenters. The van der Waals surface area contributed by atoms with Crippen LogP contribution in [0.5, 0.6) is 0 Å². The Morgan fingerprint density at radius 3 is 2.83 bits per heavy atom. The standard InChI is InChI=1S/C23H23N5O/c29-23(25-15-17-7-2-1-3-8-17)18-9-5-13-27(16-18)22-20-11-6-14-28(20)19-10-4-12-24-21(19)26-22/h1-4,6-8,10-12,14,18H,5,9,13,15-16H2,(H,25,29)/t18-/m0/s1. The maximum Gasteiger partial charge on any atom is 0.225 e. The Morgan fingerprint density at radius 1 is 1.07 bits per heavy atom. The van der Waals surface area contributed by atoms with Gasteiger partial charge < -0.3 is 14.6 Å². The van der Waals surface area contributed by atoms with Crippen molar-refractivity contribution < 1.29 is 4.79 Å². The van der Waals surface area contributed by atoms with Crippen molar-refractivity contribution in [1.82, 2.24) is 19.7 Å². The smallest absolute Gasteiger partial charge is 0.225 e. The number of benzene rings is 1. The molecule has 0 bridgehead atoms. The summed E-state index contributed by atoms with van der Waals surface area (Å²) in [6, 6.07) is 18.1. The highest BCUT2D eigenvalue weighted by Crippen LogP contribution is 2.28. The summed E-state index contributed by atoms with van der Waals surface area (Å²) < 4.78 is 2.13. The summed E-state index contributed by atoms with van der Waals surface area (Å²) in [6.45, 7) is 2.14. The van der Waals surface area contributed by atoms with Crippen LogP contribution in [-0.2, 0) is 11.3 Å².